The van der Waals surface area contributed by atoms with E-state index >= 15 is 0 Å². The van der Waals surface area contributed by atoms with Crippen molar-refractivity contribution in [2.75, 3.05) is 47.5 Å². The highest BCUT2D eigenvalue weighted by molar-refractivity contribution is 7.45. The first-order valence-corrected chi connectivity index (χ1v) is 23.9. The summed E-state index contributed by atoms with van der Waals surface area (Å²) in [6.45, 7) is 4.10. The fourth-order valence-corrected chi connectivity index (χ4v) is 6.82. The van der Waals surface area contributed by atoms with Crippen LogP contribution < -0.4 is 4.89 Å². The molecule has 4 atom stereocenters. The summed E-state index contributed by atoms with van der Waals surface area (Å²) in [6.07, 6.45) is 41.7. The summed E-state index contributed by atoms with van der Waals surface area (Å²) in [5.41, 5.74) is 0. The molecule has 0 saturated carbocycles. The molecule has 0 aromatic heterocycles. The molecule has 0 aromatic carbocycles. The largest absolute Gasteiger partial charge is 0.756 e. The number of hydrogen-bond donors (Lipinski definition) is 0. The van der Waals surface area contributed by atoms with Crippen LogP contribution in [0.5, 0.6) is 0 Å². The van der Waals surface area contributed by atoms with Crippen molar-refractivity contribution in [2.45, 2.75) is 186 Å². The van der Waals surface area contributed by atoms with E-state index < -0.39 is 32.5 Å². The van der Waals surface area contributed by atoms with E-state index in [1.165, 1.54) is 77.0 Å². The summed E-state index contributed by atoms with van der Waals surface area (Å²) in [6, 6.07) is 0. The van der Waals surface area contributed by atoms with Crippen LogP contribution in [0.2, 0.25) is 0 Å². The minimum Gasteiger partial charge on any atom is -0.756 e. The number of hydrogen-bond acceptors (Lipinski definition) is 9. The zero-order valence-electron chi connectivity index (χ0n) is 36.7. The third-order valence-electron chi connectivity index (χ3n) is 9.75. The number of quaternary nitrogens is 1. The summed E-state index contributed by atoms with van der Waals surface area (Å²) in [5.74, 6) is -0.912. The van der Waals surface area contributed by atoms with Gasteiger partial charge in [-0.2, -0.15) is 0 Å². The second kappa shape index (κ2) is 34.8. The van der Waals surface area contributed by atoms with Gasteiger partial charge in [0.15, 0.2) is 6.10 Å². The number of unbranched alkanes of at least 4 members (excludes halogenated alkanes) is 14. The number of rotatable bonds is 39. The second-order valence-corrected chi connectivity index (χ2v) is 17.9. The number of epoxide rings is 1. The SMILES string of the molecule is CCCCCC/C=C\CCCCCCCCCC(=O)O[C@H](COC(=O)CCC/C=C\C/C=C\C/C=C\CC1OC1CCCCC)COP(=O)([O-])OCC[N+](C)(C)C. The minimum atomic E-state index is -4.64. The molecular weight excluding hydrogens is 741 g/mol. The van der Waals surface area contributed by atoms with E-state index in [0.717, 1.165) is 51.4 Å². The van der Waals surface area contributed by atoms with Crippen molar-refractivity contribution < 1.29 is 46.8 Å². The molecule has 1 aliphatic rings. The molecule has 11 heteroatoms. The van der Waals surface area contributed by atoms with E-state index in [2.05, 4.69) is 62.5 Å². The van der Waals surface area contributed by atoms with Crippen LogP contribution in [0.1, 0.15) is 168 Å². The fourth-order valence-electron chi connectivity index (χ4n) is 6.09. The topological polar surface area (TPSA) is 124 Å². The lowest BCUT2D eigenvalue weighted by Crippen LogP contribution is -2.37. The van der Waals surface area contributed by atoms with Gasteiger partial charge in [-0.05, 0) is 70.6 Å². The van der Waals surface area contributed by atoms with Gasteiger partial charge in [-0.1, -0.05) is 133 Å². The van der Waals surface area contributed by atoms with Gasteiger partial charge in [0, 0.05) is 12.8 Å². The van der Waals surface area contributed by atoms with Crippen molar-refractivity contribution in [3.05, 3.63) is 48.6 Å². The van der Waals surface area contributed by atoms with Crippen LogP contribution in [0.25, 0.3) is 0 Å². The highest BCUT2D eigenvalue weighted by Gasteiger charge is 2.36. The highest BCUT2D eigenvalue weighted by Crippen LogP contribution is 2.38. The molecule has 3 unspecified atom stereocenters. The van der Waals surface area contributed by atoms with Gasteiger partial charge in [-0.15, -0.1) is 0 Å². The van der Waals surface area contributed by atoms with Gasteiger partial charge < -0.3 is 32.6 Å². The van der Waals surface area contributed by atoms with E-state index in [1.807, 2.05) is 21.1 Å². The Morgan fingerprint density at radius 3 is 1.86 bits per heavy atom. The van der Waals surface area contributed by atoms with Gasteiger partial charge >= 0.3 is 11.9 Å². The van der Waals surface area contributed by atoms with Crippen molar-refractivity contribution in [1.82, 2.24) is 0 Å². The van der Waals surface area contributed by atoms with Gasteiger partial charge in [0.25, 0.3) is 7.82 Å². The molecule has 1 fully saturated rings. The van der Waals surface area contributed by atoms with Gasteiger partial charge in [0.2, 0.25) is 0 Å². The number of carbonyl (C=O) groups excluding carboxylic acids is 2. The first kappa shape index (κ1) is 52.9. The molecule has 0 aliphatic carbocycles. The molecule has 0 bridgehead atoms. The minimum absolute atomic E-state index is 0.0434. The van der Waals surface area contributed by atoms with Crippen molar-refractivity contribution in [1.29, 1.82) is 0 Å². The molecule has 0 radical (unpaired) electrons. The number of carbonyl (C=O) groups is 2. The zero-order chi connectivity index (χ0) is 41.9. The number of phosphoric acid groups is 1. The number of phosphoric ester groups is 1. The number of esters is 2. The van der Waals surface area contributed by atoms with Crippen LogP contribution in [0.4, 0.5) is 0 Å². The third-order valence-corrected chi connectivity index (χ3v) is 10.7. The van der Waals surface area contributed by atoms with E-state index in [4.69, 9.17) is 23.3 Å². The molecule has 0 N–H and O–H groups in total. The quantitative estimate of drug-likeness (QED) is 0.0149. The molecule has 330 valence electrons. The first-order valence-electron chi connectivity index (χ1n) is 22.5. The van der Waals surface area contributed by atoms with E-state index in [9.17, 15) is 19.0 Å². The zero-order valence-corrected chi connectivity index (χ0v) is 37.6. The average molecular weight is 824 g/mol. The highest BCUT2D eigenvalue weighted by atomic mass is 31.2. The number of likely N-dealkylation sites (N-methyl/N-ethyl adjacent to an activating group) is 1. The lowest BCUT2D eigenvalue weighted by molar-refractivity contribution is -0.870. The smallest absolute Gasteiger partial charge is 0.306 e. The Labute approximate surface area is 348 Å². The van der Waals surface area contributed by atoms with Crippen LogP contribution in [-0.4, -0.2) is 82.2 Å². The summed E-state index contributed by atoms with van der Waals surface area (Å²) in [7, 11) is 1.12. The number of ether oxygens (including phenoxy) is 3. The first-order chi connectivity index (χ1) is 27.5. The van der Waals surface area contributed by atoms with E-state index in [-0.39, 0.29) is 26.1 Å². The summed E-state index contributed by atoms with van der Waals surface area (Å²) >= 11 is 0. The number of allylic oxidation sites excluding steroid dienone is 7. The van der Waals surface area contributed by atoms with Gasteiger partial charge in [-0.3, -0.25) is 14.2 Å². The predicted molar refractivity (Wildman–Crippen MR) is 231 cm³/mol. The normalized spacial score (nSPS) is 17.6. The lowest BCUT2D eigenvalue weighted by atomic mass is 10.1. The van der Waals surface area contributed by atoms with Crippen LogP contribution in [-0.2, 0) is 37.4 Å². The number of nitrogens with zero attached hydrogens (tertiary/aromatic N) is 1. The Balaban J connectivity index is 2.31. The molecule has 1 saturated heterocycles. The third kappa shape index (κ3) is 35.6. The van der Waals surface area contributed by atoms with Gasteiger partial charge in [-0.25, -0.2) is 0 Å². The van der Waals surface area contributed by atoms with Crippen molar-refractivity contribution >= 4 is 19.8 Å². The summed E-state index contributed by atoms with van der Waals surface area (Å²) in [4.78, 5) is 37.5. The van der Waals surface area contributed by atoms with Crippen molar-refractivity contribution in [3.63, 3.8) is 0 Å². The molecule has 0 spiro atoms. The predicted octanol–water partition coefficient (Wildman–Crippen LogP) is 11.0. The Hall–Kier alpha value is -2.07. The molecule has 0 amide bonds. The van der Waals surface area contributed by atoms with Crippen molar-refractivity contribution in [3.8, 4) is 0 Å². The van der Waals surface area contributed by atoms with E-state index in [0.29, 0.717) is 36.1 Å². The van der Waals surface area contributed by atoms with Crippen LogP contribution >= 0.6 is 7.82 Å². The molecule has 1 heterocycles. The van der Waals surface area contributed by atoms with E-state index in [1.54, 1.807) is 0 Å². The van der Waals surface area contributed by atoms with Crippen LogP contribution in [0.15, 0.2) is 48.6 Å². The molecule has 0 aromatic rings. The molecule has 1 rings (SSSR count). The van der Waals surface area contributed by atoms with Crippen LogP contribution in [0.3, 0.4) is 0 Å². The molecule has 57 heavy (non-hydrogen) atoms. The molecular formula is C46H82NO9P. The monoisotopic (exact) mass is 824 g/mol. The summed E-state index contributed by atoms with van der Waals surface area (Å²) in [5, 5.41) is 0. The molecule has 1 aliphatic heterocycles. The maximum atomic E-state index is 12.7. The van der Waals surface area contributed by atoms with Crippen LogP contribution in [0, 0.1) is 0 Å². The lowest BCUT2D eigenvalue weighted by Gasteiger charge is -2.28. The Kier molecular flexibility index (Phi) is 32.3. The standard InChI is InChI=1S/C46H82NO9P/c1-6-8-10-11-12-13-14-15-16-17-18-23-26-29-33-37-46(49)55-42(41-54-57(50,51)53-39-38-47(3,4)5)40-52-45(48)36-32-28-25-22-20-19-21-24-27-31-35-44-43(56-44)34-30-9-7-2/h13-14,19,21-22,25,27,31,42-44H,6-12,15-18,20,23-24,26,28-30,32-41H2,1-5H3/b14-13-,21-19-,25-22-,31-27-/t42-,43?,44?/m1/s1. The second-order valence-electron chi connectivity index (χ2n) is 16.4. The Morgan fingerprint density at radius 2 is 1.19 bits per heavy atom. The van der Waals surface area contributed by atoms with Gasteiger partial charge in [0.1, 0.15) is 19.8 Å². The Morgan fingerprint density at radius 1 is 0.649 bits per heavy atom. The Bertz CT molecular complexity index is 1180. The van der Waals surface area contributed by atoms with Crippen molar-refractivity contribution in [2.24, 2.45) is 0 Å². The maximum Gasteiger partial charge on any atom is 0.306 e. The maximum absolute atomic E-state index is 12.7. The van der Waals surface area contributed by atoms with Gasteiger partial charge in [0.05, 0.1) is 40.0 Å². The molecule has 10 nitrogen and oxygen atoms in total. The summed E-state index contributed by atoms with van der Waals surface area (Å²) < 4.78 is 39.6. The fraction of sp³-hybridized carbons (Fsp3) is 0.783. The average Bonchev–Trinajstić information content (AvgIpc) is 3.91.